The Kier molecular flexibility index (Phi) is 6.40. The molecule has 2 N–H and O–H groups in total. The predicted molar refractivity (Wildman–Crippen MR) is 103 cm³/mol. The summed E-state index contributed by atoms with van der Waals surface area (Å²) < 4.78 is 21.0. The monoisotopic (exact) mass is 392 g/mol. The van der Waals surface area contributed by atoms with Crippen molar-refractivity contribution < 1.29 is 34.2 Å². The molecule has 0 amide bonds. The van der Waals surface area contributed by atoms with Crippen LogP contribution in [0.4, 0.5) is 15.9 Å². The van der Waals surface area contributed by atoms with Crippen LogP contribution in [0.1, 0.15) is 45.6 Å². The molecular formula is C19H22FLiN6O2. The van der Waals surface area contributed by atoms with Gasteiger partial charge < -0.3 is 16.8 Å². The van der Waals surface area contributed by atoms with Crippen LogP contribution >= 0.6 is 0 Å². The van der Waals surface area contributed by atoms with Gasteiger partial charge in [-0.15, -0.1) is 0 Å². The van der Waals surface area contributed by atoms with E-state index in [0.717, 1.165) is 25.6 Å². The van der Waals surface area contributed by atoms with Crippen molar-refractivity contribution in [3.8, 4) is 5.88 Å². The van der Waals surface area contributed by atoms with Crippen LogP contribution in [-0.2, 0) is 4.79 Å². The minimum Gasteiger partial charge on any atom is -1.00 e. The second kappa shape index (κ2) is 8.80. The molecule has 1 aliphatic heterocycles. The molecule has 148 valence electrons. The van der Waals surface area contributed by atoms with Crippen LogP contribution in [0.25, 0.3) is 5.65 Å². The number of pyridine rings is 1. The van der Waals surface area contributed by atoms with Gasteiger partial charge in [0.2, 0.25) is 5.88 Å². The van der Waals surface area contributed by atoms with Crippen molar-refractivity contribution in [1.29, 1.82) is 0 Å². The number of halogens is 1. The number of nitrogens with two attached hydrogens (primary N) is 1. The molecule has 1 unspecified atom stereocenters. The zero-order chi connectivity index (χ0) is 19.7. The van der Waals surface area contributed by atoms with Crippen molar-refractivity contribution in [2.45, 2.75) is 38.6 Å². The van der Waals surface area contributed by atoms with E-state index in [-0.39, 0.29) is 44.6 Å². The molecule has 4 rings (SSSR count). The quantitative estimate of drug-likeness (QED) is 0.482. The number of hydrogen-bond acceptors (Lipinski definition) is 7. The minimum atomic E-state index is -0.472. The molecule has 1 fully saturated rings. The summed E-state index contributed by atoms with van der Waals surface area (Å²) >= 11 is 0. The van der Waals surface area contributed by atoms with E-state index in [2.05, 4.69) is 20.0 Å². The molecular weight excluding hydrogens is 370 g/mol. The maximum absolute atomic E-state index is 14.0. The average Bonchev–Trinajstić information content (AvgIpc) is 3.30. The number of nitrogen functional groups attached to an aromatic ring is 1. The van der Waals surface area contributed by atoms with Crippen molar-refractivity contribution in [3.63, 3.8) is 0 Å². The van der Waals surface area contributed by atoms with E-state index >= 15 is 0 Å². The number of nitrogens with zero attached hydrogens (tertiary/aromatic N) is 5. The minimum absolute atomic E-state index is 0. The molecule has 3 aromatic heterocycles. The van der Waals surface area contributed by atoms with Crippen molar-refractivity contribution >= 4 is 23.1 Å². The van der Waals surface area contributed by atoms with E-state index in [4.69, 9.17) is 10.5 Å². The van der Waals surface area contributed by atoms with Crippen LogP contribution in [-0.4, -0.2) is 32.1 Å². The van der Waals surface area contributed by atoms with Crippen molar-refractivity contribution in [3.05, 3.63) is 42.1 Å². The second-order valence-electron chi connectivity index (χ2n) is 6.78. The first-order chi connectivity index (χ1) is 13.6. The van der Waals surface area contributed by atoms with E-state index in [1.165, 1.54) is 6.07 Å². The number of ether oxygens (including phenoxy) is 1. The van der Waals surface area contributed by atoms with E-state index in [1.54, 1.807) is 16.9 Å². The summed E-state index contributed by atoms with van der Waals surface area (Å²) in [6.07, 6.45) is 7.02. The standard InChI is InChI=1S/C19H21FN6O2.Li.H/c1-2-4-17(27)28-19-13(9-12(20)10-22-19)15-5-3-7-25(15)16-6-8-26-18(24-16)14(21)11-23-26;;/h6,8-11,15H,2-5,7,21H2,1H3;;/q;+1;-1. The third-order valence-corrected chi connectivity index (χ3v) is 4.80. The van der Waals surface area contributed by atoms with E-state index in [9.17, 15) is 9.18 Å². The molecule has 0 aliphatic carbocycles. The van der Waals surface area contributed by atoms with Crippen LogP contribution in [0.3, 0.4) is 0 Å². The fraction of sp³-hybridized carbons (Fsp3) is 0.368. The molecule has 0 spiro atoms. The first kappa shape index (κ1) is 21.1. The summed E-state index contributed by atoms with van der Waals surface area (Å²) in [6.45, 7) is 2.63. The van der Waals surface area contributed by atoms with E-state index in [1.807, 2.05) is 13.0 Å². The number of carbonyl (C=O) groups is 1. The molecule has 1 aliphatic rings. The van der Waals surface area contributed by atoms with Crippen molar-refractivity contribution in [2.24, 2.45) is 0 Å². The number of anilines is 2. The number of hydrogen-bond donors (Lipinski definition) is 1. The molecule has 3 aromatic rings. The van der Waals surface area contributed by atoms with Gasteiger partial charge in [-0.2, -0.15) is 5.10 Å². The molecule has 0 aromatic carbocycles. The van der Waals surface area contributed by atoms with Gasteiger partial charge >= 0.3 is 24.8 Å². The first-order valence-electron chi connectivity index (χ1n) is 9.29. The molecule has 0 bridgehead atoms. The second-order valence-corrected chi connectivity index (χ2v) is 6.78. The molecule has 8 nitrogen and oxygen atoms in total. The number of carbonyl (C=O) groups excluding carboxylic acids is 1. The number of aromatic nitrogens is 4. The van der Waals surface area contributed by atoms with Gasteiger partial charge in [0, 0.05) is 24.7 Å². The van der Waals surface area contributed by atoms with Gasteiger partial charge in [0.25, 0.3) is 0 Å². The van der Waals surface area contributed by atoms with Crippen molar-refractivity contribution in [1.82, 2.24) is 19.6 Å². The van der Waals surface area contributed by atoms with E-state index < -0.39 is 5.82 Å². The van der Waals surface area contributed by atoms with Crippen LogP contribution in [0.5, 0.6) is 5.88 Å². The van der Waals surface area contributed by atoms with Crippen molar-refractivity contribution in [2.75, 3.05) is 17.2 Å². The Morgan fingerprint density at radius 1 is 1.45 bits per heavy atom. The topological polar surface area (TPSA) is 98.6 Å². The Balaban J connectivity index is 0.00000160. The zero-order valence-corrected chi connectivity index (χ0v) is 16.5. The summed E-state index contributed by atoms with van der Waals surface area (Å²) in [5, 5.41) is 4.13. The number of fused-ring (bicyclic) bond motifs is 1. The Hall–Kier alpha value is -2.63. The molecule has 4 heterocycles. The summed E-state index contributed by atoms with van der Waals surface area (Å²) in [5.41, 5.74) is 7.53. The SMILES string of the molecule is CCCC(=O)Oc1ncc(F)cc1C1CCCN1c1ccn2ncc(N)c2n1.[H-].[Li+]. The third kappa shape index (κ3) is 4.21. The van der Waals surface area contributed by atoms with Gasteiger partial charge in [0.1, 0.15) is 11.6 Å². The molecule has 29 heavy (non-hydrogen) atoms. The maximum Gasteiger partial charge on any atom is 1.00 e. The Morgan fingerprint density at radius 2 is 2.28 bits per heavy atom. The molecule has 1 saturated heterocycles. The van der Waals surface area contributed by atoms with E-state index in [0.29, 0.717) is 29.1 Å². The normalized spacial score (nSPS) is 16.1. The Labute approximate surface area is 180 Å². The maximum atomic E-state index is 14.0. The summed E-state index contributed by atoms with van der Waals surface area (Å²) in [5.74, 6) is 0.0126. The largest absolute Gasteiger partial charge is 1.00 e. The Morgan fingerprint density at radius 3 is 3.07 bits per heavy atom. The van der Waals surface area contributed by atoms with Crippen LogP contribution in [0.15, 0.2) is 30.7 Å². The summed E-state index contributed by atoms with van der Waals surface area (Å²) in [6, 6.07) is 3.02. The van der Waals surface area contributed by atoms with Crippen LogP contribution < -0.4 is 34.2 Å². The van der Waals surface area contributed by atoms with Gasteiger partial charge in [0.05, 0.1) is 24.1 Å². The molecule has 1 atom stereocenters. The zero-order valence-electron chi connectivity index (χ0n) is 17.5. The number of rotatable bonds is 5. The summed E-state index contributed by atoms with van der Waals surface area (Å²) in [4.78, 5) is 22.7. The van der Waals surface area contributed by atoms with Crippen LogP contribution in [0, 0.1) is 5.82 Å². The fourth-order valence-electron chi connectivity index (χ4n) is 3.53. The Bertz CT molecular complexity index is 1030. The molecule has 0 radical (unpaired) electrons. The molecule has 0 saturated carbocycles. The van der Waals surface area contributed by atoms with Gasteiger partial charge in [-0.25, -0.2) is 18.9 Å². The first-order valence-corrected chi connectivity index (χ1v) is 9.29. The van der Waals surface area contributed by atoms with Gasteiger partial charge in [-0.05, 0) is 31.4 Å². The molecule has 10 heteroatoms. The summed E-state index contributed by atoms with van der Waals surface area (Å²) in [7, 11) is 0. The van der Waals surface area contributed by atoms with Crippen LogP contribution in [0.2, 0.25) is 0 Å². The fourth-order valence-corrected chi connectivity index (χ4v) is 3.53. The van der Waals surface area contributed by atoms with Gasteiger partial charge in [0.15, 0.2) is 5.65 Å². The third-order valence-electron chi connectivity index (χ3n) is 4.80. The number of esters is 1. The predicted octanol–water partition coefficient (Wildman–Crippen LogP) is 0.00910. The smallest absolute Gasteiger partial charge is 1.00 e. The van der Waals surface area contributed by atoms with Gasteiger partial charge in [-0.1, -0.05) is 6.92 Å². The van der Waals surface area contributed by atoms with Gasteiger partial charge in [-0.3, -0.25) is 4.79 Å². The average molecular weight is 392 g/mol.